The van der Waals surface area contributed by atoms with Crippen LogP contribution in [0.1, 0.15) is 11.1 Å². The van der Waals surface area contributed by atoms with Crippen molar-refractivity contribution in [3.63, 3.8) is 0 Å². The predicted octanol–water partition coefficient (Wildman–Crippen LogP) is 1.41. The monoisotopic (exact) mass is 271 g/mol. The molecule has 0 aliphatic carbocycles. The van der Waals surface area contributed by atoms with E-state index in [2.05, 4.69) is 15.9 Å². The molecule has 0 unspecified atom stereocenters. The molecule has 0 aromatic heterocycles. The number of rotatable bonds is 1. The van der Waals surface area contributed by atoms with Gasteiger partial charge >= 0.3 is 6.09 Å². The zero-order valence-electron chi connectivity index (χ0n) is 8.50. The van der Waals surface area contributed by atoms with Crippen LogP contribution in [0.15, 0.2) is 22.7 Å². The van der Waals surface area contributed by atoms with Gasteiger partial charge in [-0.25, -0.2) is 5.32 Å². The highest BCUT2D eigenvalue weighted by molar-refractivity contribution is 9.10. The summed E-state index contributed by atoms with van der Waals surface area (Å²) in [6.45, 7) is 1.95. The van der Waals surface area contributed by atoms with Gasteiger partial charge in [0.05, 0.1) is 7.05 Å². The summed E-state index contributed by atoms with van der Waals surface area (Å²) in [6, 6.07) is 5.35. The SMILES string of the molecule is C[NH2+]C(=O)OC(=N)c1ccc(C)c(Br)c1. The number of nitrogens with one attached hydrogen (secondary N) is 1. The van der Waals surface area contributed by atoms with Gasteiger partial charge in [-0.15, -0.1) is 0 Å². The Morgan fingerprint density at radius 3 is 2.73 bits per heavy atom. The van der Waals surface area contributed by atoms with Crippen molar-refractivity contribution in [1.29, 1.82) is 5.41 Å². The van der Waals surface area contributed by atoms with Crippen LogP contribution in [0, 0.1) is 12.3 Å². The fraction of sp³-hybridized carbons (Fsp3) is 0.200. The van der Waals surface area contributed by atoms with Crippen LogP contribution in [0.5, 0.6) is 0 Å². The van der Waals surface area contributed by atoms with Gasteiger partial charge in [0.15, 0.2) is 0 Å². The summed E-state index contributed by atoms with van der Waals surface area (Å²) in [4.78, 5) is 10.9. The van der Waals surface area contributed by atoms with Crippen LogP contribution in [0.25, 0.3) is 0 Å². The maximum Gasteiger partial charge on any atom is 0.519 e. The summed E-state index contributed by atoms with van der Waals surface area (Å²) in [5.74, 6) is -0.140. The number of halogens is 1. The van der Waals surface area contributed by atoms with Crippen molar-refractivity contribution in [2.45, 2.75) is 6.92 Å². The lowest BCUT2D eigenvalue weighted by atomic mass is 10.1. The molecule has 0 saturated heterocycles. The Labute approximate surface area is 96.3 Å². The Bertz CT molecular complexity index is 404. The number of hydrogen-bond acceptors (Lipinski definition) is 3. The van der Waals surface area contributed by atoms with Crippen molar-refractivity contribution in [3.8, 4) is 0 Å². The minimum atomic E-state index is -0.517. The van der Waals surface area contributed by atoms with Crippen LogP contribution in [0.4, 0.5) is 4.79 Å². The molecule has 0 spiro atoms. The highest BCUT2D eigenvalue weighted by Crippen LogP contribution is 2.17. The second-order valence-corrected chi connectivity index (χ2v) is 3.86. The molecule has 5 heteroatoms. The number of hydrogen-bond donors (Lipinski definition) is 2. The van der Waals surface area contributed by atoms with E-state index in [1.807, 2.05) is 13.0 Å². The smallest absolute Gasteiger partial charge is 0.362 e. The molecule has 0 aliphatic heterocycles. The normalized spacial score (nSPS) is 9.80. The predicted molar refractivity (Wildman–Crippen MR) is 60.0 cm³/mol. The number of benzene rings is 1. The first-order valence-electron chi connectivity index (χ1n) is 4.41. The third kappa shape index (κ3) is 3.14. The second kappa shape index (κ2) is 5.04. The number of nitrogens with two attached hydrogens (primary N) is 1. The molecule has 15 heavy (non-hydrogen) atoms. The van der Waals surface area contributed by atoms with E-state index in [4.69, 9.17) is 10.1 Å². The van der Waals surface area contributed by atoms with Crippen molar-refractivity contribution in [1.82, 2.24) is 0 Å². The molecule has 3 N–H and O–H groups in total. The Hall–Kier alpha value is -1.20. The Kier molecular flexibility index (Phi) is 3.99. The van der Waals surface area contributed by atoms with E-state index in [0.29, 0.717) is 5.56 Å². The molecule has 1 aromatic rings. The molecule has 0 saturated carbocycles. The van der Waals surface area contributed by atoms with Crippen LogP contribution in [-0.2, 0) is 4.74 Å². The first-order chi connectivity index (χ1) is 7.04. The van der Waals surface area contributed by atoms with Crippen molar-refractivity contribution in [2.75, 3.05) is 7.05 Å². The molecule has 0 heterocycles. The number of amides is 1. The highest BCUT2D eigenvalue weighted by Gasteiger charge is 2.11. The highest BCUT2D eigenvalue weighted by atomic mass is 79.9. The topological polar surface area (TPSA) is 66.8 Å². The summed E-state index contributed by atoms with van der Waals surface area (Å²) in [7, 11) is 1.57. The van der Waals surface area contributed by atoms with Crippen LogP contribution < -0.4 is 5.32 Å². The molecule has 0 fully saturated rings. The largest absolute Gasteiger partial charge is 0.519 e. The van der Waals surface area contributed by atoms with Gasteiger partial charge in [-0.3, -0.25) is 5.41 Å². The summed E-state index contributed by atoms with van der Waals surface area (Å²) in [5, 5.41) is 8.82. The van der Waals surface area contributed by atoms with E-state index in [1.165, 1.54) is 5.32 Å². The first-order valence-corrected chi connectivity index (χ1v) is 5.20. The third-order valence-corrected chi connectivity index (χ3v) is 2.73. The quantitative estimate of drug-likeness (QED) is 0.599. The van der Waals surface area contributed by atoms with Gasteiger partial charge in [-0.05, 0) is 24.6 Å². The Balaban J connectivity index is 2.83. The first kappa shape index (κ1) is 11.9. The minimum Gasteiger partial charge on any atom is -0.362 e. The summed E-state index contributed by atoms with van der Waals surface area (Å²) in [5.41, 5.74) is 1.64. The van der Waals surface area contributed by atoms with E-state index in [1.54, 1.807) is 19.2 Å². The van der Waals surface area contributed by atoms with Crippen molar-refractivity contribution < 1.29 is 14.8 Å². The zero-order valence-corrected chi connectivity index (χ0v) is 10.1. The van der Waals surface area contributed by atoms with Gasteiger partial charge in [0.2, 0.25) is 5.90 Å². The van der Waals surface area contributed by atoms with E-state index in [-0.39, 0.29) is 5.90 Å². The number of quaternary nitrogens is 1. The van der Waals surface area contributed by atoms with Crippen LogP contribution in [-0.4, -0.2) is 19.0 Å². The molecular weight excluding hydrogens is 260 g/mol. The molecule has 0 aliphatic rings. The van der Waals surface area contributed by atoms with Crippen LogP contribution in [0.3, 0.4) is 0 Å². The van der Waals surface area contributed by atoms with E-state index >= 15 is 0 Å². The maximum absolute atomic E-state index is 10.9. The summed E-state index contributed by atoms with van der Waals surface area (Å²) < 4.78 is 5.64. The van der Waals surface area contributed by atoms with E-state index in [9.17, 15) is 4.79 Å². The number of carbonyl (C=O) groups excluding carboxylic acids is 1. The molecular formula is C10H12BrN2O2+. The molecule has 4 nitrogen and oxygen atoms in total. The molecule has 80 valence electrons. The van der Waals surface area contributed by atoms with Gasteiger partial charge in [-0.2, -0.15) is 4.79 Å². The fourth-order valence-electron chi connectivity index (χ4n) is 0.953. The Morgan fingerprint density at radius 1 is 1.53 bits per heavy atom. The number of ether oxygens (including phenoxy) is 1. The third-order valence-electron chi connectivity index (χ3n) is 1.87. The van der Waals surface area contributed by atoms with Gasteiger partial charge < -0.3 is 4.74 Å². The summed E-state index contributed by atoms with van der Waals surface area (Å²) >= 11 is 3.35. The van der Waals surface area contributed by atoms with Crippen molar-refractivity contribution in [3.05, 3.63) is 33.8 Å². The zero-order chi connectivity index (χ0) is 11.4. The molecule has 0 radical (unpaired) electrons. The molecule has 0 bridgehead atoms. The lowest BCUT2D eigenvalue weighted by molar-refractivity contribution is -0.536. The lowest BCUT2D eigenvalue weighted by Gasteiger charge is -2.04. The molecule has 1 rings (SSSR count). The second-order valence-electron chi connectivity index (χ2n) is 3.00. The molecule has 1 aromatic carbocycles. The number of primary amides is 1. The molecule has 1 amide bonds. The Morgan fingerprint density at radius 2 is 2.20 bits per heavy atom. The van der Waals surface area contributed by atoms with Gasteiger partial charge in [0, 0.05) is 10.0 Å². The van der Waals surface area contributed by atoms with Crippen molar-refractivity contribution >= 4 is 27.9 Å². The van der Waals surface area contributed by atoms with Crippen molar-refractivity contribution in [2.24, 2.45) is 0 Å². The minimum absolute atomic E-state index is 0.140. The van der Waals surface area contributed by atoms with E-state index < -0.39 is 6.09 Å². The van der Waals surface area contributed by atoms with Crippen LogP contribution >= 0.6 is 15.9 Å². The van der Waals surface area contributed by atoms with Crippen LogP contribution in [0.2, 0.25) is 0 Å². The average molecular weight is 272 g/mol. The maximum atomic E-state index is 10.9. The van der Waals surface area contributed by atoms with Gasteiger partial charge in [-0.1, -0.05) is 22.0 Å². The van der Waals surface area contributed by atoms with E-state index in [0.717, 1.165) is 10.0 Å². The number of carbonyl (C=O) groups is 1. The summed E-state index contributed by atoms with van der Waals surface area (Å²) in [6.07, 6.45) is -0.517. The molecule has 0 atom stereocenters. The van der Waals surface area contributed by atoms with Gasteiger partial charge in [0.1, 0.15) is 0 Å². The lowest BCUT2D eigenvalue weighted by Crippen LogP contribution is -2.84. The fourth-order valence-corrected chi connectivity index (χ4v) is 1.33. The average Bonchev–Trinajstić information content (AvgIpc) is 2.21. The number of aryl methyl sites for hydroxylation is 1. The standard InChI is InChI=1S/C10H11BrN2O2/c1-6-3-4-7(5-8(6)11)9(12)15-10(14)13-2/h3-5,12H,1-2H3,(H,13,14)/p+1. The van der Waals surface area contributed by atoms with Gasteiger partial charge in [0.25, 0.3) is 0 Å².